The Morgan fingerprint density at radius 1 is 0.792 bits per heavy atom. The van der Waals surface area contributed by atoms with E-state index in [1.807, 2.05) is 0 Å². The summed E-state index contributed by atoms with van der Waals surface area (Å²) in [5.41, 5.74) is 0. The zero-order valence-electron chi connectivity index (χ0n) is 12.0. The number of rotatable bonds is 4. The highest BCUT2D eigenvalue weighted by Crippen LogP contribution is 2.29. The van der Waals surface area contributed by atoms with E-state index in [1.165, 1.54) is 24.3 Å². The average molecular weight is 348 g/mol. The molecule has 2 rings (SSSR count). The second-order valence-electron chi connectivity index (χ2n) is 4.26. The second-order valence-corrected chi connectivity index (χ2v) is 4.26. The molecule has 0 fully saturated rings. The quantitative estimate of drug-likeness (QED) is 0.271. The monoisotopic (exact) mass is 348 g/mol. The van der Waals surface area contributed by atoms with E-state index >= 15 is 0 Å². The molecule has 0 spiro atoms. The van der Waals surface area contributed by atoms with Crippen molar-refractivity contribution in [3.8, 4) is 17.2 Å². The SMILES string of the molecule is CCOc1ccc(OC(=O)Oc2c(F)c(F)c(F)c(F)c2F)cc1. The van der Waals surface area contributed by atoms with E-state index in [2.05, 4.69) is 9.47 Å². The van der Waals surface area contributed by atoms with Crippen molar-refractivity contribution in [2.45, 2.75) is 6.92 Å². The number of carbonyl (C=O) groups excluding carboxylic acids is 1. The maximum Gasteiger partial charge on any atom is 0.519 e. The Bertz CT molecular complexity index is 732. The van der Waals surface area contributed by atoms with Gasteiger partial charge in [-0.25, -0.2) is 18.0 Å². The predicted molar refractivity (Wildman–Crippen MR) is 70.5 cm³/mol. The average Bonchev–Trinajstić information content (AvgIpc) is 2.57. The van der Waals surface area contributed by atoms with Gasteiger partial charge in [-0.05, 0) is 31.2 Å². The molecule has 4 nitrogen and oxygen atoms in total. The molecule has 0 saturated carbocycles. The lowest BCUT2D eigenvalue weighted by atomic mass is 10.3. The highest BCUT2D eigenvalue weighted by atomic mass is 19.2. The molecule has 0 radical (unpaired) electrons. The highest BCUT2D eigenvalue weighted by Gasteiger charge is 2.29. The predicted octanol–water partition coefficient (Wildman–Crippen LogP) is 4.36. The maximum atomic E-state index is 13.4. The fraction of sp³-hybridized carbons (Fsp3) is 0.133. The summed E-state index contributed by atoms with van der Waals surface area (Å²) in [6.45, 7) is 2.16. The van der Waals surface area contributed by atoms with Crippen LogP contribution in [0, 0.1) is 29.1 Å². The highest BCUT2D eigenvalue weighted by molar-refractivity contribution is 5.67. The lowest BCUT2D eigenvalue weighted by Gasteiger charge is -2.09. The van der Waals surface area contributed by atoms with Gasteiger partial charge >= 0.3 is 6.16 Å². The summed E-state index contributed by atoms with van der Waals surface area (Å²) in [5, 5.41) is 0. The molecule has 0 aliphatic rings. The lowest BCUT2D eigenvalue weighted by Crippen LogP contribution is -2.17. The molecule has 0 unspecified atom stereocenters. The van der Waals surface area contributed by atoms with Gasteiger partial charge in [0.15, 0.2) is 0 Å². The molecular formula is C15H9F5O4. The summed E-state index contributed by atoms with van der Waals surface area (Å²) >= 11 is 0. The van der Waals surface area contributed by atoms with Crippen molar-refractivity contribution in [1.29, 1.82) is 0 Å². The van der Waals surface area contributed by atoms with Gasteiger partial charge in [0.1, 0.15) is 11.5 Å². The molecule has 0 atom stereocenters. The summed E-state index contributed by atoms with van der Waals surface area (Å²) in [4.78, 5) is 11.5. The van der Waals surface area contributed by atoms with Gasteiger partial charge in [-0.2, -0.15) is 8.78 Å². The van der Waals surface area contributed by atoms with E-state index in [9.17, 15) is 26.7 Å². The van der Waals surface area contributed by atoms with Gasteiger partial charge in [-0.1, -0.05) is 0 Å². The molecule has 0 aliphatic carbocycles. The molecule has 0 aliphatic heterocycles. The number of hydrogen-bond acceptors (Lipinski definition) is 4. The van der Waals surface area contributed by atoms with E-state index in [0.717, 1.165) is 0 Å². The smallest absolute Gasteiger partial charge is 0.494 e. The Morgan fingerprint density at radius 3 is 1.75 bits per heavy atom. The van der Waals surface area contributed by atoms with Crippen LogP contribution in [0.5, 0.6) is 17.2 Å². The maximum absolute atomic E-state index is 13.4. The van der Waals surface area contributed by atoms with Crippen LogP contribution in [0.3, 0.4) is 0 Å². The minimum atomic E-state index is -2.36. The van der Waals surface area contributed by atoms with Gasteiger partial charge in [0.05, 0.1) is 6.61 Å². The van der Waals surface area contributed by atoms with Crippen molar-refractivity contribution in [3.05, 3.63) is 53.4 Å². The molecule has 128 valence electrons. The standard InChI is InChI=1S/C15H9F5O4/c1-2-22-7-3-5-8(6-4-7)23-15(21)24-14-12(19)10(17)9(16)11(18)13(14)20/h3-6H,2H2,1H3. The Balaban J connectivity index is 2.15. The minimum absolute atomic E-state index is 0.0904. The summed E-state index contributed by atoms with van der Waals surface area (Å²) < 4.78 is 79.4. The van der Waals surface area contributed by atoms with E-state index in [4.69, 9.17) is 4.74 Å². The van der Waals surface area contributed by atoms with Crippen molar-refractivity contribution in [2.75, 3.05) is 6.61 Å². The Hall–Kier alpha value is -2.84. The second kappa shape index (κ2) is 7.16. The van der Waals surface area contributed by atoms with E-state index < -0.39 is 41.0 Å². The topological polar surface area (TPSA) is 44.8 Å². The Kier molecular flexibility index (Phi) is 5.22. The zero-order valence-corrected chi connectivity index (χ0v) is 12.0. The Morgan fingerprint density at radius 2 is 1.25 bits per heavy atom. The van der Waals surface area contributed by atoms with Gasteiger partial charge in [-0.15, -0.1) is 0 Å². The van der Waals surface area contributed by atoms with Crippen LogP contribution < -0.4 is 14.2 Å². The first-order valence-electron chi connectivity index (χ1n) is 6.49. The molecule has 2 aromatic rings. The fourth-order valence-electron chi connectivity index (χ4n) is 1.65. The van der Waals surface area contributed by atoms with Crippen molar-refractivity contribution in [3.63, 3.8) is 0 Å². The lowest BCUT2D eigenvalue weighted by molar-refractivity contribution is 0.146. The summed E-state index contributed by atoms with van der Waals surface area (Å²) in [6.07, 6.45) is -1.68. The third-order valence-corrected chi connectivity index (χ3v) is 2.69. The minimum Gasteiger partial charge on any atom is -0.494 e. The van der Waals surface area contributed by atoms with Crippen LogP contribution in [0.15, 0.2) is 24.3 Å². The van der Waals surface area contributed by atoms with Crippen LogP contribution >= 0.6 is 0 Å². The van der Waals surface area contributed by atoms with Crippen LogP contribution in [0.1, 0.15) is 6.92 Å². The van der Waals surface area contributed by atoms with Crippen LogP contribution in [0.2, 0.25) is 0 Å². The normalized spacial score (nSPS) is 10.4. The summed E-state index contributed by atoms with van der Waals surface area (Å²) in [5.74, 6) is -12.8. The molecule has 0 bridgehead atoms. The van der Waals surface area contributed by atoms with Crippen LogP contribution in [-0.2, 0) is 0 Å². The zero-order chi connectivity index (χ0) is 17.9. The summed E-state index contributed by atoms with van der Waals surface area (Å²) in [7, 11) is 0. The number of ether oxygens (including phenoxy) is 3. The molecular weight excluding hydrogens is 339 g/mol. The molecule has 0 aromatic heterocycles. The third-order valence-electron chi connectivity index (χ3n) is 2.69. The molecule has 9 heteroatoms. The first-order valence-corrected chi connectivity index (χ1v) is 6.49. The molecule has 0 heterocycles. The van der Waals surface area contributed by atoms with E-state index in [0.29, 0.717) is 12.4 Å². The number of hydrogen-bond donors (Lipinski definition) is 0. The van der Waals surface area contributed by atoms with Crippen LogP contribution in [0.25, 0.3) is 0 Å². The largest absolute Gasteiger partial charge is 0.519 e. The molecule has 0 saturated heterocycles. The molecule has 0 N–H and O–H groups in total. The van der Waals surface area contributed by atoms with Gasteiger partial charge in [-0.3, -0.25) is 0 Å². The van der Waals surface area contributed by atoms with Gasteiger partial charge < -0.3 is 14.2 Å². The number of benzene rings is 2. The first kappa shape index (κ1) is 17.5. The van der Waals surface area contributed by atoms with E-state index in [-0.39, 0.29) is 5.75 Å². The number of halogens is 5. The molecule has 24 heavy (non-hydrogen) atoms. The van der Waals surface area contributed by atoms with Crippen molar-refractivity contribution < 1.29 is 41.0 Å². The number of carbonyl (C=O) groups is 1. The fourth-order valence-corrected chi connectivity index (χ4v) is 1.65. The van der Waals surface area contributed by atoms with Crippen molar-refractivity contribution in [1.82, 2.24) is 0 Å². The van der Waals surface area contributed by atoms with Crippen molar-refractivity contribution >= 4 is 6.16 Å². The van der Waals surface area contributed by atoms with Crippen LogP contribution in [-0.4, -0.2) is 12.8 Å². The summed E-state index contributed by atoms with van der Waals surface area (Å²) in [6, 6.07) is 5.44. The van der Waals surface area contributed by atoms with Gasteiger partial charge in [0.25, 0.3) is 0 Å². The third kappa shape index (κ3) is 3.55. The molecule has 2 aromatic carbocycles. The van der Waals surface area contributed by atoms with Gasteiger partial charge in [0, 0.05) is 0 Å². The van der Waals surface area contributed by atoms with Gasteiger partial charge in [0.2, 0.25) is 34.8 Å². The molecule has 0 amide bonds. The first-order chi connectivity index (χ1) is 11.3. The van der Waals surface area contributed by atoms with E-state index in [1.54, 1.807) is 6.92 Å². The van der Waals surface area contributed by atoms with Crippen LogP contribution in [0.4, 0.5) is 26.7 Å². The Labute approximate surface area is 132 Å². The van der Waals surface area contributed by atoms with Crippen molar-refractivity contribution in [2.24, 2.45) is 0 Å².